The number of hydrogen-bond acceptors (Lipinski definition) is 5. The van der Waals surface area contributed by atoms with E-state index in [1.54, 1.807) is 24.3 Å². The van der Waals surface area contributed by atoms with Gasteiger partial charge in [0, 0.05) is 36.6 Å². The van der Waals surface area contributed by atoms with E-state index in [2.05, 4.69) is 23.7 Å². The number of aromatic nitrogens is 2. The summed E-state index contributed by atoms with van der Waals surface area (Å²) >= 11 is 1.41. The number of carbonyl (C=O) groups excluding carboxylic acids is 1. The molecule has 0 saturated carbocycles. The fourth-order valence-electron chi connectivity index (χ4n) is 5.89. The second-order valence-corrected chi connectivity index (χ2v) is 12.6. The molecule has 1 amide bonds. The first-order valence-corrected chi connectivity index (χ1v) is 17.1. The van der Waals surface area contributed by atoms with E-state index in [9.17, 15) is 18.4 Å². The Bertz CT molecular complexity index is 1650. The lowest BCUT2D eigenvalue weighted by Crippen LogP contribution is -2.41. The minimum absolute atomic E-state index is 0.0279. The van der Waals surface area contributed by atoms with Crippen LogP contribution in [0.5, 0.6) is 0 Å². The molecule has 242 valence electrons. The summed E-state index contributed by atoms with van der Waals surface area (Å²) in [4.78, 5) is 35.9. The molecule has 0 saturated heterocycles. The molecule has 1 aliphatic carbocycles. The van der Waals surface area contributed by atoms with Crippen LogP contribution in [0.1, 0.15) is 54.6 Å². The first-order valence-electron chi connectivity index (χ1n) is 16.1. The Labute approximate surface area is 274 Å². The van der Waals surface area contributed by atoms with E-state index in [1.807, 2.05) is 45.9 Å². The second kappa shape index (κ2) is 16.1. The molecular weight excluding hydrogens is 602 g/mol. The molecule has 0 spiro atoms. The van der Waals surface area contributed by atoms with Gasteiger partial charge < -0.3 is 14.4 Å². The lowest BCUT2D eigenvalue weighted by Gasteiger charge is -2.29. The molecule has 4 aromatic rings. The predicted octanol–water partition coefficient (Wildman–Crippen LogP) is 7.06. The van der Waals surface area contributed by atoms with E-state index >= 15 is 0 Å². The Morgan fingerprint density at radius 1 is 0.848 bits per heavy atom. The molecule has 6 nitrogen and oxygen atoms in total. The quantitative estimate of drug-likeness (QED) is 0.109. The van der Waals surface area contributed by atoms with Gasteiger partial charge in [-0.25, -0.2) is 8.78 Å². The van der Waals surface area contributed by atoms with Gasteiger partial charge in [0.15, 0.2) is 5.16 Å². The monoisotopic (exact) mass is 644 g/mol. The van der Waals surface area contributed by atoms with Crippen molar-refractivity contribution in [3.05, 3.63) is 117 Å². The van der Waals surface area contributed by atoms with Crippen molar-refractivity contribution in [2.45, 2.75) is 70.2 Å². The van der Waals surface area contributed by atoms with Gasteiger partial charge in [0.1, 0.15) is 19.0 Å². The van der Waals surface area contributed by atoms with Crippen molar-refractivity contribution >= 4 is 17.7 Å². The molecule has 1 heterocycles. The zero-order chi connectivity index (χ0) is 32.5. The number of alkyl halides is 1. The highest BCUT2D eigenvalue weighted by Gasteiger charge is 2.24. The van der Waals surface area contributed by atoms with E-state index in [4.69, 9.17) is 0 Å². The van der Waals surface area contributed by atoms with Crippen molar-refractivity contribution in [3.8, 4) is 11.1 Å². The number of benzene rings is 3. The molecule has 9 heteroatoms. The van der Waals surface area contributed by atoms with Crippen LogP contribution in [0.4, 0.5) is 8.78 Å². The van der Waals surface area contributed by atoms with Gasteiger partial charge in [-0.15, -0.1) is 0 Å². The predicted molar refractivity (Wildman–Crippen MR) is 181 cm³/mol. The number of nitrogens with zero attached hydrogens (tertiary/aromatic N) is 4. The molecule has 0 unspecified atom stereocenters. The van der Waals surface area contributed by atoms with E-state index in [-0.39, 0.29) is 23.8 Å². The van der Waals surface area contributed by atoms with Crippen molar-refractivity contribution in [3.63, 3.8) is 0 Å². The molecule has 0 N–H and O–H groups in total. The Balaban J connectivity index is 1.40. The number of amides is 1. The Kier molecular flexibility index (Phi) is 11.8. The third kappa shape index (κ3) is 8.50. The zero-order valence-corrected chi connectivity index (χ0v) is 27.5. The topological polar surface area (TPSA) is 58.4 Å². The van der Waals surface area contributed by atoms with Crippen LogP contribution in [0.2, 0.25) is 0 Å². The summed E-state index contributed by atoms with van der Waals surface area (Å²) in [6, 6.07) is 21.9. The molecule has 0 atom stereocenters. The number of rotatable bonds is 14. The van der Waals surface area contributed by atoms with Crippen LogP contribution in [0.25, 0.3) is 11.1 Å². The number of halogens is 2. The third-order valence-electron chi connectivity index (χ3n) is 8.73. The fraction of sp³-hybridized carbons (Fsp3) is 0.378. The molecule has 5 rings (SSSR count). The maximum atomic E-state index is 14.2. The Hall–Kier alpha value is -3.82. The van der Waals surface area contributed by atoms with Gasteiger partial charge in [0.25, 0.3) is 5.56 Å². The van der Waals surface area contributed by atoms with Crippen molar-refractivity contribution in [1.82, 2.24) is 19.4 Å². The van der Waals surface area contributed by atoms with E-state index < -0.39 is 6.67 Å². The SMILES string of the molecule is CCN(CC)CCN(Cc1ccc(-c2ccc(CF)cc2)cc1)C(=O)Cn1c(SCc2ccc(F)cc2)nc(=O)c2c1CCCC2. The third-order valence-corrected chi connectivity index (χ3v) is 9.78. The van der Waals surface area contributed by atoms with Crippen molar-refractivity contribution in [1.29, 1.82) is 0 Å². The number of likely N-dealkylation sites (N-methyl/N-ethyl adjacent to an activating group) is 1. The van der Waals surface area contributed by atoms with E-state index in [1.165, 1.54) is 23.9 Å². The summed E-state index contributed by atoms with van der Waals surface area (Å²) in [5.41, 5.74) is 6.05. The van der Waals surface area contributed by atoms with E-state index in [0.717, 1.165) is 72.4 Å². The molecule has 46 heavy (non-hydrogen) atoms. The lowest BCUT2D eigenvalue weighted by molar-refractivity contribution is -0.133. The zero-order valence-electron chi connectivity index (χ0n) is 26.7. The van der Waals surface area contributed by atoms with Crippen molar-refractivity contribution in [2.75, 3.05) is 26.2 Å². The average molecular weight is 645 g/mol. The maximum Gasteiger partial charge on any atom is 0.277 e. The standard InChI is InChI=1S/C37H42F2N4O2S/c1-3-41(4-2)21-22-42(24-28-11-17-31(18-12-28)30-15-9-27(23-38)10-16-30)35(44)25-43-34-8-6-5-7-33(34)36(45)40-37(43)46-26-29-13-19-32(39)20-14-29/h9-20H,3-8,21-26H2,1-2H3. The molecule has 0 aliphatic heterocycles. The smallest absolute Gasteiger partial charge is 0.277 e. The van der Waals surface area contributed by atoms with Crippen LogP contribution in [0.15, 0.2) is 82.7 Å². The first-order chi connectivity index (χ1) is 22.4. The summed E-state index contributed by atoms with van der Waals surface area (Å²) < 4.78 is 28.4. The summed E-state index contributed by atoms with van der Waals surface area (Å²) in [7, 11) is 0. The van der Waals surface area contributed by atoms with E-state index in [0.29, 0.717) is 36.0 Å². The average Bonchev–Trinajstić information content (AvgIpc) is 3.09. The van der Waals surface area contributed by atoms with Gasteiger partial charge in [-0.05, 0) is 78.7 Å². The second-order valence-electron chi connectivity index (χ2n) is 11.7. The maximum absolute atomic E-state index is 14.2. The summed E-state index contributed by atoms with van der Waals surface area (Å²) in [6.07, 6.45) is 3.30. The summed E-state index contributed by atoms with van der Waals surface area (Å²) in [6.45, 7) is 7.43. The van der Waals surface area contributed by atoms with Crippen molar-refractivity contribution in [2.24, 2.45) is 0 Å². The summed E-state index contributed by atoms with van der Waals surface area (Å²) in [5, 5.41) is 0.523. The summed E-state index contributed by atoms with van der Waals surface area (Å²) in [5.74, 6) is 0.184. The minimum atomic E-state index is -0.483. The largest absolute Gasteiger partial charge is 0.336 e. The van der Waals surface area contributed by atoms with Crippen LogP contribution in [-0.4, -0.2) is 51.4 Å². The highest BCUT2D eigenvalue weighted by Crippen LogP contribution is 2.27. The van der Waals surface area contributed by atoms with Crippen molar-refractivity contribution < 1.29 is 13.6 Å². The van der Waals surface area contributed by atoms with Crippen LogP contribution >= 0.6 is 11.8 Å². The van der Waals surface area contributed by atoms with Gasteiger partial charge >= 0.3 is 0 Å². The highest BCUT2D eigenvalue weighted by molar-refractivity contribution is 7.98. The molecule has 1 aliphatic rings. The number of thioether (sulfide) groups is 1. The number of carbonyl (C=O) groups is 1. The normalized spacial score (nSPS) is 12.7. The molecule has 0 bridgehead atoms. The van der Waals surface area contributed by atoms with Crippen LogP contribution in [0, 0.1) is 5.82 Å². The Morgan fingerprint density at radius 2 is 1.46 bits per heavy atom. The van der Waals surface area contributed by atoms with Crippen LogP contribution < -0.4 is 5.56 Å². The van der Waals surface area contributed by atoms with Gasteiger partial charge in [-0.1, -0.05) is 86.3 Å². The lowest BCUT2D eigenvalue weighted by atomic mass is 9.97. The number of fused-ring (bicyclic) bond motifs is 1. The van der Waals surface area contributed by atoms with Crippen LogP contribution in [-0.2, 0) is 43.2 Å². The Morgan fingerprint density at radius 3 is 2.09 bits per heavy atom. The molecular formula is C37H42F2N4O2S. The molecule has 0 radical (unpaired) electrons. The molecule has 0 fully saturated rings. The van der Waals surface area contributed by atoms with Gasteiger partial charge in [-0.3, -0.25) is 9.59 Å². The van der Waals surface area contributed by atoms with Gasteiger partial charge in [0.2, 0.25) is 5.91 Å². The van der Waals surface area contributed by atoms with Gasteiger partial charge in [0.05, 0.1) is 0 Å². The van der Waals surface area contributed by atoms with Gasteiger partial charge in [-0.2, -0.15) is 4.98 Å². The minimum Gasteiger partial charge on any atom is -0.336 e. The molecule has 1 aromatic heterocycles. The van der Waals surface area contributed by atoms with Crippen LogP contribution in [0.3, 0.4) is 0 Å². The fourth-order valence-corrected chi connectivity index (χ4v) is 6.85. The molecule has 3 aromatic carbocycles. The first kappa shape index (κ1) is 33.5. The number of hydrogen-bond donors (Lipinski definition) is 0. The highest BCUT2D eigenvalue weighted by atomic mass is 32.2.